The number of hydrogen-bond acceptors (Lipinski definition) is 2. The van der Waals surface area contributed by atoms with E-state index >= 15 is 0 Å². The second kappa shape index (κ2) is 6.16. The number of nitrogens with one attached hydrogen (secondary N) is 1. The molecular formula is C8H18N2O. The minimum absolute atomic E-state index is 0.203. The highest BCUT2D eigenvalue weighted by atomic mass is 16.5. The van der Waals surface area contributed by atoms with Crippen molar-refractivity contribution in [1.29, 1.82) is 5.41 Å². The highest BCUT2D eigenvalue weighted by molar-refractivity contribution is 5.76. The summed E-state index contributed by atoms with van der Waals surface area (Å²) in [6, 6.07) is 0. The van der Waals surface area contributed by atoms with E-state index in [1.54, 1.807) is 0 Å². The van der Waals surface area contributed by atoms with Crippen LogP contribution in [-0.2, 0) is 4.74 Å². The summed E-state index contributed by atoms with van der Waals surface area (Å²) in [6.45, 7) is 5.69. The van der Waals surface area contributed by atoms with Crippen LogP contribution < -0.4 is 5.73 Å². The van der Waals surface area contributed by atoms with Crippen LogP contribution in [0.25, 0.3) is 0 Å². The van der Waals surface area contributed by atoms with E-state index in [0.29, 0.717) is 18.9 Å². The molecule has 0 aromatic carbocycles. The molecule has 66 valence electrons. The number of nitrogens with two attached hydrogens (primary N) is 1. The highest BCUT2D eigenvalue weighted by Crippen LogP contribution is 1.98. The van der Waals surface area contributed by atoms with E-state index in [1.165, 1.54) is 0 Å². The van der Waals surface area contributed by atoms with Crippen LogP contribution in [0.4, 0.5) is 0 Å². The molecule has 0 atom stereocenters. The van der Waals surface area contributed by atoms with Gasteiger partial charge in [0.2, 0.25) is 0 Å². The zero-order chi connectivity index (χ0) is 8.69. The molecular weight excluding hydrogens is 140 g/mol. The molecule has 0 radical (unpaired) electrons. The van der Waals surface area contributed by atoms with Crippen molar-refractivity contribution in [3.8, 4) is 0 Å². The molecule has 0 heterocycles. The highest BCUT2D eigenvalue weighted by Gasteiger charge is 1.94. The van der Waals surface area contributed by atoms with Gasteiger partial charge in [0.15, 0.2) is 0 Å². The van der Waals surface area contributed by atoms with E-state index in [1.807, 2.05) is 0 Å². The van der Waals surface area contributed by atoms with Crippen LogP contribution in [0, 0.1) is 11.3 Å². The topological polar surface area (TPSA) is 59.1 Å². The Balaban J connectivity index is 2.97. The lowest BCUT2D eigenvalue weighted by atomic mass is 10.1. The van der Waals surface area contributed by atoms with Crippen molar-refractivity contribution in [2.45, 2.75) is 26.7 Å². The van der Waals surface area contributed by atoms with Crippen LogP contribution in [0.3, 0.4) is 0 Å². The maximum atomic E-state index is 6.91. The average molecular weight is 158 g/mol. The van der Waals surface area contributed by atoms with Crippen LogP contribution in [0.1, 0.15) is 26.7 Å². The summed E-state index contributed by atoms with van der Waals surface area (Å²) in [6.07, 6.45) is 1.63. The van der Waals surface area contributed by atoms with Crippen LogP contribution in [0.15, 0.2) is 0 Å². The largest absolute Gasteiger partial charge is 0.388 e. The Morgan fingerprint density at radius 3 is 2.55 bits per heavy atom. The molecule has 0 amide bonds. The summed E-state index contributed by atoms with van der Waals surface area (Å²) in [5, 5.41) is 6.91. The monoisotopic (exact) mass is 158 g/mol. The summed E-state index contributed by atoms with van der Waals surface area (Å²) in [5.74, 6) is 0.891. The van der Waals surface area contributed by atoms with Crippen molar-refractivity contribution >= 4 is 5.84 Å². The quantitative estimate of drug-likeness (QED) is 0.348. The molecule has 0 saturated heterocycles. The average Bonchev–Trinajstić information content (AvgIpc) is 1.85. The Morgan fingerprint density at radius 1 is 1.45 bits per heavy atom. The molecule has 0 aliphatic heterocycles. The standard InChI is InChI=1S/C8H18N2O/c1-7(2)3-5-11-6-4-8(9)10/h7H,3-6H2,1-2H3,(H3,9,10). The second-order valence-corrected chi connectivity index (χ2v) is 3.07. The van der Waals surface area contributed by atoms with Crippen LogP contribution in [-0.4, -0.2) is 19.0 Å². The normalized spacial score (nSPS) is 10.5. The maximum absolute atomic E-state index is 6.91. The lowest BCUT2D eigenvalue weighted by Crippen LogP contribution is -2.13. The van der Waals surface area contributed by atoms with Gasteiger partial charge in [-0.25, -0.2) is 0 Å². The molecule has 11 heavy (non-hydrogen) atoms. The number of rotatable bonds is 6. The summed E-state index contributed by atoms with van der Waals surface area (Å²) >= 11 is 0. The molecule has 3 nitrogen and oxygen atoms in total. The Morgan fingerprint density at radius 2 is 2.09 bits per heavy atom. The van der Waals surface area contributed by atoms with Crippen LogP contribution in [0.2, 0.25) is 0 Å². The first-order chi connectivity index (χ1) is 5.13. The van der Waals surface area contributed by atoms with Crippen molar-refractivity contribution in [2.75, 3.05) is 13.2 Å². The van der Waals surface area contributed by atoms with Gasteiger partial charge < -0.3 is 10.5 Å². The molecule has 0 fully saturated rings. The molecule has 0 aliphatic carbocycles. The van der Waals surface area contributed by atoms with E-state index in [9.17, 15) is 0 Å². The first-order valence-corrected chi connectivity index (χ1v) is 4.03. The van der Waals surface area contributed by atoms with Gasteiger partial charge in [-0.05, 0) is 12.3 Å². The van der Waals surface area contributed by atoms with E-state index in [-0.39, 0.29) is 5.84 Å². The van der Waals surface area contributed by atoms with Crippen molar-refractivity contribution in [3.63, 3.8) is 0 Å². The van der Waals surface area contributed by atoms with Crippen LogP contribution in [0.5, 0.6) is 0 Å². The minimum Gasteiger partial charge on any atom is -0.388 e. The van der Waals surface area contributed by atoms with Gasteiger partial charge in [-0.3, -0.25) is 5.41 Å². The lowest BCUT2D eigenvalue weighted by Gasteiger charge is -2.05. The van der Waals surface area contributed by atoms with Gasteiger partial charge in [-0.2, -0.15) is 0 Å². The number of amidine groups is 1. The third-order valence-electron chi connectivity index (χ3n) is 1.36. The summed E-state index contributed by atoms with van der Waals surface area (Å²) in [7, 11) is 0. The van der Waals surface area contributed by atoms with Crippen LogP contribution >= 0.6 is 0 Å². The van der Waals surface area contributed by atoms with Crippen molar-refractivity contribution in [1.82, 2.24) is 0 Å². The predicted octanol–water partition coefficient (Wildman–Crippen LogP) is 1.38. The molecule has 3 heteroatoms. The fraction of sp³-hybridized carbons (Fsp3) is 0.875. The van der Waals surface area contributed by atoms with Gasteiger partial charge >= 0.3 is 0 Å². The van der Waals surface area contributed by atoms with Gasteiger partial charge in [-0.15, -0.1) is 0 Å². The van der Waals surface area contributed by atoms with Gasteiger partial charge in [0.05, 0.1) is 12.4 Å². The fourth-order valence-electron chi connectivity index (χ4n) is 0.603. The first kappa shape index (κ1) is 10.4. The SMILES string of the molecule is CC(C)CCOCCC(=N)N. The summed E-state index contributed by atoms with van der Waals surface area (Å²) in [4.78, 5) is 0. The lowest BCUT2D eigenvalue weighted by molar-refractivity contribution is 0.130. The van der Waals surface area contributed by atoms with Gasteiger partial charge in [0, 0.05) is 13.0 Å². The van der Waals surface area contributed by atoms with Gasteiger partial charge in [0.1, 0.15) is 0 Å². The zero-order valence-corrected chi connectivity index (χ0v) is 7.39. The van der Waals surface area contributed by atoms with E-state index in [4.69, 9.17) is 15.9 Å². The predicted molar refractivity (Wildman–Crippen MR) is 46.8 cm³/mol. The number of hydrogen-bond donors (Lipinski definition) is 2. The summed E-state index contributed by atoms with van der Waals surface area (Å²) < 4.78 is 5.23. The van der Waals surface area contributed by atoms with Crippen molar-refractivity contribution < 1.29 is 4.74 Å². The molecule has 3 N–H and O–H groups in total. The Labute approximate surface area is 68.4 Å². The third kappa shape index (κ3) is 9.43. The van der Waals surface area contributed by atoms with Gasteiger partial charge in [-0.1, -0.05) is 13.8 Å². The maximum Gasteiger partial charge on any atom is 0.0928 e. The van der Waals surface area contributed by atoms with Crippen molar-refractivity contribution in [2.24, 2.45) is 11.7 Å². The van der Waals surface area contributed by atoms with E-state index in [2.05, 4.69) is 13.8 Å². The third-order valence-corrected chi connectivity index (χ3v) is 1.36. The van der Waals surface area contributed by atoms with Crippen molar-refractivity contribution in [3.05, 3.63) is 0 Å². The van der Waals surface area contributed by atoms with E-state index < -0.39 is 0 Å². The molecule has 0 aliphatic rings. The molecule has 0 bridgehead atoms. The molecule has 0 aromatic rings. The molecule has 0 rings (SSSR count). The molecule has 0 unspecified atom stereocenters. The van der Waals surface area contributed by atoms with E-state index in [0.717, 1.165) is 13.0 Å². The Kier molecular flexibility index (Phi) is 5.84. The minimum atomic E-state index is 0.203. The zero-order valence-electron chi connectivity index (χ0n) is 7.39. The summed E-state index contributed by atoms with van der Waals surface area (Å²) in [5.41, 5.74) is 5.14. The first-order valence-electron chi connectivity index (χ1n) is 4.03. The smallest absolute Gasteiger partial charge is 0.0928 e. The molecule has 0 aromatic heterocycles. The molecule has 0 spiro atoms. The number of ether oxygens (including phenoxy) is 1. The Bertz CT molecular complexity index is 113. The fourth-order valence-corrected chi connectivity index (χ4v) is 0.603. The Hall–Kier alpha value is -0.570. The van der Waals surface area contributed by atoms with Gasteiger partial charge in [0.25, 0.3) is 0 Å². The second-order valence-electron chi connectivity index (χ2n) is 3.07. The molecule has 0 saturated carbocycles.